The van der Waals surface area contributed by atoms with Crippen molar-refractivity contribution in [1.82, 2.24) is 14.9 Å². The molecule has 0 aromatic carbocycles. The number of carbonyl (C=O) groups is 1. The SMILES string of the molecule is CC1CC1NS(=O)(=O)c1[nH]ncc1C(=O)O. The van der Waals surface area contributed by atoms with E-state index in [1.54, 1.807) is 0 Å². The third kappa shape index (κ3) is 1.93. The lowest BCUT2D eigenvalue weighted by atomic mass is 10.4. The van der Waals surface area contributed by atoms with E-state index in [1.807, 2.05) is 6.92 Å². The van der Waals surface area contributed by atoms with Crippen LogP contribution in [-0.2, 0) is 10.0 Å². The van der Waals surface area contributed by atoms with Gasteiger partial charge in [-0.05, 0) is 12.3 Å². The maximum atomic E-state index is 11.8. The summed E-state index contributed by atoms with van der Waals surface area (Å²) in [5.74, 6) is -1.02. The summed E-state index contributed by atoms with van der Waals surface area (Å²) in [4.78, 5) is 10.7. The molecule has 7 nitrogen and oxygen atoms in total. The average molecular weight is 245 g/mol. The first-order valence-corrected chi connectivity index (χ1v) is 6.19. The second-order valence-corrected chi connectivity index (χ2v) is 5.51. The molecule has 1 aliphatic rings. The van der Waals surface area contributed by atoms with Crippen LogP contribution in [0.25, 0.3) is 0 Å². The minimum absolute atomic E-state index is 0.102. The van der Waals surface area contributed by atoms with Gasteiger partial charge in [0.15, 0.2) is 5.03 Å². The van der Waals surface area contributed by atoms with Crippen molar-refractivity contribution in [2.24, 2.45) is 5.92 Å². The number of rotatable bonds is 4. The predicted octanol–water partition coefficient (Wildman–Crippen LogP) is -0.205. The molecule has 1 aromatic rings. The van der Waals surface area contributed by atoms with Gasteiger partial charge in [0.2, 0.25) is 0 Å². The van der Waals surface area contributed by atoms with E-state index >= 15 is 0 Å². The number of aromatic amines is 1. The first-order valence-electron chi connectivity index (χ1n) is 4.71. The molecule has 0 aliphatic heterocycles. The van der Waals surface area contributed by atoms with Gasteiger partial charge >= 0.3 is 5.97 Å². The van der Waals surface area contributed by atoms with Crippen molar-refractivity contribution in [2.45, 2.75) is 24.4 Å². The zero-order valence-corrected chi connectivity index (χ0v) is 9.28. The van der Waals surface area contributed by atoms with Gasteiger partial charge in [0.1, 0.15) is 5.56 Å². The van der Waals surface area contributed by atoms with Crippen LogP contribution >= 0.6 is 0 Å². The van der Waals surface area contributed by atoms with E-state index in [2.05, 4.69) is 14.9 Å². The summed E-state index contributed by atoms with van der Waals surface area (Å²) >= 11 is 0. The predicted molar refractivity (Wildman–Crippen MR) is 53.4 cm³/mol. The van der Waals surface area contributed by atoms with E-state index in [4.69, 9.17) is 5.11 Å². The van der Waals surface area contributed by atoms with Crippen LogP contribution in [0.5, 0.6) is 0 Å². The van der Waals surface area contributed by atoms with Gasteiger partial charge in [0.05, 0.1) is 6.20 Å². The maximum absolute atomic E-state index is 11.8. The molecule has 88 valence electrons. The van der Waals surface area contributed by atoms with Crippen LogP contribution in [0, 0.1) is 5.92 Å². The van der Waals surface area contributed by atoms with E-state index in [-0.39, 0.29) is 16.6 Å². The first kappa shape index (κ1) is 11.1. The fourth-order valence-corrected chi connectivity index (χ4v) is 2.82. The highest BCUT2D eigenvalue weighted by atomic mass is 32.2. The highest BCUT2D eigenvalue weighted by Gasteiger charge is 2.38. The number of aromatic carboxylic acids is 1. The van der Waals surface area contributed by atoms with Gasteiger partial charge in [0.25, 0.3) is 10.0 Å². The van der Waals surface area contributed by atoms with Crippen LogP contribution in [0.4, 0.5) is 0 Å². The van der Waals surface area contributed by atoms with E-state index in [9.17, 15) is 13.2 Å². The monoisotopic (exact) mass is 245 g/mol. The van der Waals surface area contributed by atoms with Gasteiger partial charge in [-0.15, -0.1) is 0 Å². The molecule has 0 spiro atoms. The molecule has 1 saturated carbocycles. The molecule has 0 radical (unpaired) electrons. The number of sulfonamides is 1. The highest BCUT2D eigenvalue weighted by Crippen LogP contribution is 2.30. The molecule has 16 heavy (non-hydrogen) atoms. The van der Waals surface area contributed by atoms with Gasteiger partial charge in [0, 0.05) is 6.04 Å². The zero-order valence-electron chi connectivity index (χ0n) is 8.47. The summed E-state index contributed by atoms with van der Waals surface area (Å²) in [7, 11) is -3.81. The van der Waals surface area contributed by atoms with Gasteiger partial charge in [-0.3, -0.25) is 5.10 Å². The van der Waals surface area contributed by atoms with Crippen molar-refractivity contribution in [3.8, 4) is 0 Å². The third-order valence-electron chi connectivity index (χ3n) is 2.52. The lowest BCUT2D eigenvalue weighted by Crippen LogP contribution is -2.28. The Hall–Kier alpha value is -1.41. The number of nitrogens with zero attached hydrogens (tertiary/aromatic N) is 1. The quantitative estimate of drug-likeness (QED) is 0.679. The fourth-order valence-electron chi connectivity index (χ4n) is 1.38. The van der Waals surface area contributed by atoms with Crippen LogP contribution in [0.1, 0.15) is 23.7 Å². The van der Waals surface area contributed by atoms with Crippen LogP contribution in [0.15, 0.2) is 11.2 Å². The minimum Gasteiger partial charge on any atom is -0.478 e. The normalized spacial score (nSPS) is 24.3. The Balaban J connectivity index is 2.28. The molecule has 2 unspecified atom stereocenters. The maximum Gasteiger partial charge on any atom is 0.340 e. The number of hydrogen-bond acceptors (Lipinski definition) is 4. The molecule has 3 N–H and O–H groups in total. The Morgan fingerprint density at radius 2 is 2.31 bits per heavy atom. The molecule has 0 amide bonds. The summed E-state index contributed by atoms with van der Waals surface area (Å²) in [6, 6.07) is -0.102. The smallest absolute Gasteiger partial charge is 0.340 e. The van der Waals surface area contributed by atoms with Crippen molar-refractivity contribution in [3.05, 3.63) is 11.8 Å². The molecule has 8 heteroatoms. The summed E-state index contributed by atoms with van der Waals surface area (Å²) in [6.07, 6.45) is 1.75. The van der Waals surface area contributed by atoms with Crippen LogP contribution in [0.3, 0.4) is 0 Å². The molecule has 0 bridgehead atoms. The van der Waals surface area contributed by atoms with Gasteiger partial charge < -0.3 is 5.11 Å². The molecule has 2 rings (SSSR count). The molecule has 2 atom stereocenters. The van der Waals surface area contributed by atoms with Gasteiger partial charge in [-0.1, -0.05) is 6.92 Å². The van der Waals surface area contributed by atoms with Crippen LogP contribution in [0.2, 0.25) is 0 Å². The Labute approximate surface area is 91.9 Å². The zero-order chi connectivity index (χ0) is 11.9. The molecule has 1 aromatic heterocycles. The van der Waals surface area contributed by atoms with Crippen LogP contribution in [-0.4, -0.2) is 35.7 Å². The number of hydrogen-bond donors (Lipinski definition) is 3. The van der Waals surface area contributed by atoms with Crippen molar-refractivity contribution < 1.29 is 18.3 Å². The summed E-state index contributed by atoms with van der Waals surface area (Å²) in [6.45, 7) is 1.91. The summed E-state index contributed by atoms with van der Waals surface area (Å²) in [5, 5.41) is 14.0. The number of carboxylic acids is 1. The van der Waals surface area contributed by atoms with Gasteiger partial charge in [-0.2, -0.15) is 5.10 Å². The third-order valence-corrected chi connectivity index (χ3v) is 3.98. The highest BCUT2D eigenvalue weighted by molar-refractivity contribution is 7.89. The van der Waals surface area contributed by atoms with Crippen LogP contribution < -0.4 is 4.72 Å². The number of carboxylic acid groups (broad SMARTS) is 1. The average Bonchev–Trinajstić information content (AvgIpc) is 2.71. The Morgan fingerprint density at radius 1 is 1.69 bits per heavy atom. The van der Waals surface area contributed by atoms with E-state index in [0.717, 1.165) is 12.6 Å². The Kier molecular flexibility index (Phi) is 2.47. The first-order chi connectivity index (χ1) is 7.42. The molecular weight excluding hydrogens is 234 g/mol. The molecule has 1 aliphatic carbocycles. The number of nitrogens with one attached hydrogen (secondary N) is 2. The lowest BCUT2D eigenvalue weighted by Gasteiger charge is -2.03. The molecule has 0 saturated heterocycles. The van der Waals surface area contributed by atoms with Crippen molar-refractivity contribution in [3.63, 3.8) is 0 Å². The van der Waals surface area contributed by atoms with E-state index in [1.165, 1.54) is 0 Å². The lowest BCUT2D eigenvalue weighted by molar-refractivity contribution is 0.0692. The Bertz CT molecular complexity index is 521. The molecular formula is C8H11N3O4S. The fraction of sp³-hybridized carbons (Fsp3) is 0.500. The second kappa shape index (κ2) is 3.56. The molecule has 1 fully saturated rings. The topological polar surface area (TPSA) is 112 Å². The van der Waals surface area contributed by atoms with Crippen molar-refractivity contribution >= 4 is 16.0 Å². The largest absolute Gasteiger partial charge is 0.478 e. The summed E-state index contributed by atoms with van der Waals surface area (Å²) < 4.78 is 26.0. The Morgan fingerprint density at radius 3 is 2.81 bits per heavy atom. The van der Waals surface area contributed by atoms with E-state index < -0.39 is 16.0 Å². The second-order valence-electron chi connectivity index (χ2n) is 3.86. The number of H-pyrrole nitrogens is 1. The molecule has 1 heterocycles. The van der Waals surface area contributed by atoms with E-state index in [0.29, 0.717) is 5.92 Å². The summed E-state index contributed by atoms with van der Waals surface area (Å²) in [5.41, 5.74) is -0.346. The van der Waals surface area contributed by atoms with Gasteiger partial charge in [-0.25, -0.2) is 17.9 Å². The number of aromatic nitrogens is 2. The standard InChI is InChI=1S/C8H11N3O4S/c1-4-2-6(4)11-16(14,15)7-5(8(12)13)3-9-10-7/h3-4,6,11H,2H2,1H3,(H,9,10)(H,12,13). The van der Waals surface area contributed by atoms with Crippen molar-refractivity contribution in [2.75, 3.05) is 0 Å². The van der Waals surface area contributed by atoms with Crippen molar-refractivity contribution in [1.29, 1.82) is 0 Å². The minimum atomic E-state index is -3.81.